The van der Waals surface area contributed by atoms with Gasteiger partial charge in [0.05, 0.1) is 17.1 Å². The molecular weight excluding hydrogens is 432 g/mol. The van der Waals surface area contributed by atoms with Gasteiger partial charge in [0.1, 0.15) is 19.8 Å². The van der Waals surface area contributed by atoms with Crippen LogP contribution >= 0.6 is 11.6 Å². The second kappa shape index (κ2) is 11.6. The van der Waals surface area contributed by atoms with E-state index in [0.717, 1.165) is 11.1 Å². The molecule has 7 nitrogen and oxygen atoms in total. The van der Waals surface area contributed by atoms with E-state index in [1.54, 1.807) is 12.1 Å². The lowest BCUT2D eigenvalue weighted by Gasteiger charge is -2.17. The van der Waals surface area contributed by atoms with Gasteiger partial charge in [0.2, 0.25) is 0 Å². The van der Waals surface area contributed by atoms with Crippen molar-refractivity contribution in [3.05, 3.63) is 94.5 Å². The lowest BCUT2D eigenvalue weighted by Crippen LogP contribution is -2.29. The molecule has 0 bridgehead atoms. The van der Waals surface area contributed by atoms with Gasteiger partial charge in [-0.05, 0) is 23.3 Å². The summed E-state index contributed by atoms with van der Waals surface area (Å²) in [5.74, 6) is 0.248. The van der Waals surface area contributed by atoms with Crippen LogP contribution in [0, 0.1) is 0 Å². The van der Waals surface area contributed by atoms with Crippen molar-refractivity contribution in [2.24, 2.45) is 5.73 Å². The van der Waals surface area contributed by atoms with Crippen LogP contribution in [0.25, 0.3) is 0 Å². The van der Waals surface area contributed by atoms with Gasteiger partial charge in [-0.25, -0.2) is 4.79 Å². The predicted molar refractivity (Wildman–Crippen MR) is 121 cm³/mol. The first-order chi connectivity index (χ1) is 15.5. The first-order valence-electron chi connectivity index (χ1n) is 9.91. The Morgan fingerprint density at radius 3 is 2.03 bits per heavy atom. The highest BCUT2D eigenvalue weighted by molar-refractivity contribution is 6.35. The number of hydrogen-bond donors (Lipinski definition) is 2. The molecule has 8 heteroatoms. The van der Waals surface area contributed by atoms with E-state index in [1.165, 1.54) is 0 Å². The van der Waals surface area contributed by atoms with Crippen molar-refractivity contribution in [1.82, 2.24) is 5.32 Å². The van der Waals surface area contributed by atoms with Crippen LogP contribution in [0.4, 0.5) is 4.79 Å². The zero-order valence-corrected chi connectivity index (χ0v) is 18.0. The van der Waals surface area contributed by atoms with E-state index in [4.69, 9.17) is 26.8 Å². The minimum absolute atomic E-state index is 0.0473. The molecular formula is C24H23ClN2O5. The number of carbonyl (C=O) groups excluding carboxylic acids is 2. The standard InChI is InChI=1S/C24H23ClN2O5/c25-21-19(23(28)27-13-14-30-24(26)29)11-12-20(31-15-17-7-3-1-4-8-17)22(21)32-16-18-9-5-2-6-10-18/h1-12H,13-16H2,(H2,26,29)(H,27,28). The Morgan fingerprint density at radius 2 is 1.44 bits per heavy atom. The molecule has 0 saturated carbocycles. The van der Waals surface area contributed by atoms with E-state index in [1.807, 2.05) is 60.7 Å². The van der Waals surface area contributed by atoms with Gasteiger partial charge in [-0.2, -0.15) is 0 Å². The van der Waals surface area contributed by atoms with Crippen LogP contribution in [-0.2, 0) is 18.0 Å². The Bertz CT molecular complexity index is 1050. The van der Waals surface area contributed by atoms with Gasteiger partial charge in [-0.1, -0.05) is 72.3 Å². The highest BCUT2D eigenvalue weighted by atomic mass is 35.5. The third-order valence-corrected chi connectivity index (χ3v) is 4.78. The molecule has 0 aliphatic heterocycles. The molecule has 0 aliphatic carbocycles. The molecule has 3 N–H and O–H groups in total. The topological polar surface area (TPSA) is 99.9 Å². The van der Waals surface area contributed by atoms with Crippen LogP contribution in [0.5, 0.6) is 11.5 Å². The normalized spacial score (nSPS) is 10.3. The van der Waals surface area contributed by atoms with Crippen LogP contribution < -0.4 is 20.5 Å². The maximum absolute atomic E-state index is 12.6. The number of rotatable bonds is 10. The summed E-state index contributed by atoms with van der Waals surface area (Å²) in [5.41, 5.74) is 7.04. The van der Waals surface area contributed by atoms with Gasteiger partial charge in [-0.3, -0.25) is 4.79 Å². The fraction of sp³-hybridized carbons (Fsp3) is 0.167. The maximum atomic E-state index is 12.6. The zero-order valence-electron chi connectivity index (χ0n) is 17.3. The number of nitrogens with one attached hydrogen (secondary N) is 1. The summed E-state index contributed by atoms with van der Waals surface area (Å²) in [4.78, 5) is 23.2. The molecule has 0 fully saturated rings. The average Bonchev–Trinajstić information content (AvgIpc) is 2.81. The first kappa shape index (κ1) is 23.0. The molecule has 0 aromatic heterocycles. The van der Waals surface area contributed by atoms with Crippen molar-refractivity contribution < 1.29 is 23.8 Å². The van der Waals surface area contributed by atoms with Crippen molar-refractivity contribution in [3.8, 4) is 11.5 Å². The van der Waals surface area contributed by atoms with E-state index >= 15 is 0 Å². The zero-order chi connectivity index (χ0) is 22.8. The van der Waals surface area contributed by atoms with Crippen LogP contribution in [0.1, 0.15) is 21.5 Å². The maximum Gasteiger partial charge on any atom is 0.404 e. The van der Waals surface area contributed by atoms with E-state index in [2.05, 4.69) is 10.1 Å². The molecule has 0 spiro atoms. The second-order valence-electron chi connectivity index (χ2n) is 6.73. The number of primary amides is 1. The number of ether oxygens (including phenoxy) is 3. The Balaban J connectivity index is 1.78. The fourth-order valence-electron chi connectivity index (χ4n) is 2.84. The average molecular weight is 455 g/mol. The van der Waals surface area contributed by atoms with E-state index < -0.39 is 12.0 Å². The molecule has 166 valence electrons. The molecule has 0 atom stereocenters. The van der Waals surface area contributed by atoms with Gasteiger partial charge < -0.3 is 25.3 Å². The molecule has 3 rings (SSSR count). The number of benzene rings is 3. The third-order valence-electron chi connectivity index (χ3n) is 4.40. The van der Waals surface area contributed by atoms with Crippen LogP contribution in [0.2, 0.25) is 5.02 Å². The number of nitrogens with two attached hydrogens (primary N) is 1. The molecule has 0 aliphatic rings. The molecule has 3 aromatic carbocycles. The molecule has 3 aromatic rings. The van der Waals surface area contributed by atoms with Crippen molar-refractivity contribution in [1.29, 1.82) is 0 Å². The largest absolute Gasteiger partial charge is 0.485 e. The summed E-state index contributed by atoms with van der Waals surface area (Å²) < 4.78 is 16.5. The molecule has 0 unspecified atom stereocenters. The summed E-state index contributed by atoms with van der Waals surface area (Å²) in [6, 6.07) is 22.4. The number of carbonyl (C=O) groups is 2. The summed E-state index contributed by atoms with van der Waals surface area (Å²) in [6.45, 7) is 0.605. The van der Waals surface area contributed by atoms with E-state index in [9.17, 15) is 9.59 Å². The quantitative estimate of drug-likeness (QED) is 0.444. The molecule has 0 saturated heterocycles. The first-order valence-corrected chi connectivity index (χ1v) is 10.3. The third kappa shape index (κ3) is 6.65. The smallest absolute Gasteiger partial charge is 0.404 e. The SMILES string of the molecule is NC(=O)OCCNC(=O)c1ccc(OCc2ccccc2)c(OCc2ccccc2)c1Cl. The van der Waals surface area contributed by atoms with Crippen LogP contribution in [-0.4, -0.2) is 25.2 Å². The highest BCUT2D eigenvalue weighted by Crippen LogP contribution is 2.38. The minimum Gasteiger partial charge on any atom is -0.485 e. The van der Waals surface area contributed by atoms with Crippen molar-refractivity contribution in [3.63, 3.8) is 0 Å². The highest BCUT2D eigenvalue weighted by Gasteiger charge is 2.19. The van der Waals surface area contributed by atoms with Gasteiger partial charge in [0.25, 0.3) is 5.91 Å². The van der Waals surface area contributed by atoms with Gasteiger partial charge in [0.15, 0.2) is 11.5 Å². The number of halogens is 1. The van der Waals surface area contributed by atoms with Gasteiger partial charge >= 0.3 is 6.09 Å². The Morgan fingerprint density at radius 1 is 0.844 bits per heavy atom. The van der Waals surface area contributed by atoms with Crippen LogP contribution in [0.3, 0.4) is 0 Å². The van der Waals surface area contributed by atoms with Gasteiger partial charge in [-0.15, -0.1) is 0 Å². The fourth-order valence-corrected chi connectivity index (χ4v) is 3.13. The summed E-state index contributed by atoms with van der Waals surface area (Å²) in [6.07, 6.45) is -0.909. The summed E-state index contributed by atoms with van der Waals surface area (Å²) in [7, 11) is 0. The predicted octanol–water partition coefficient (Wildman–Crippen LogP) is 4.32. The minimum atomic E-state index is -0.909. The van der Waals surface area contributed by atoms with Crippen molar-refractivity contribution in [2.45, 2.75) is 13.2 Å². The Kier molecular flexibility index (Phi) is 8.34. The van der Waals surface area contributed by atoms with E-state index in [-0.39, 0.29) is 36.1 Å². The van der Waals surface area contributed by atoms with Crippen molar-refractivity contribution in [2.75, 3.05) is 13.2 Å². The lowest BCUT2D eigenvalue weighted by molar-refractivity contribution is 0.0936. The second-order valence-corrected chi connectivity index (χ2v) is 7.10. The Hall–Kier alpha value is -3.71. The molecule has 0 radical (unpaired) electrons. The summed E-state index contributed by atoms with van der Waals surface area (Å²) >= 11 is 6.55. The Labute approximate surface area is 191 Å². The van der Waals surface area contributed by atoms with Crippen molar-refractivity contribution >= 4 is 23.6 Å². The van der Waals surface area contributed by atoms with E-state index in [0.29, 0.717) is 12.4 Å². The molecule has 2 amide bonds. The lowest BCUT2D eigenvalue weighted by atomic mass is 10.1. The number of hydrogen-bond acceptors (Lipinski definition) is 5. The molecule has 0 heterocycles. The summed E-state index contributed by atoms with van der Waals surface area (Å²) in [5, 5.41) is 2.75. The van der Waals surface area contributed by atoms with Crippen LogP contribution in [0.15, 0.2) is 72.8 Å². The number of amides is 2. The molecule has 32 heavy (non-hydrogen) atoms. The monoisotopic (exact) mass is 454 g/mol. The van der Waals surface area contributed by atoms with Gasteiger partial charge in [0, 0.05) is 0 Å².